The van der Waals surface area contributed by atoms with Crippen molar-refractivity contribution in [2.24, 2.45) is 0 Å². The fraction of sp³-hybridized carbons (Fsp3) is 0.412. The highest BCUT2D eigenvalue weighted by molar-refractivity contribution is 5.48. The van der Waals surface area contributed by atoms with Crippen molar-refractivity contribution in [1.29, 1.82) is 0 Å². The molecule has 3 aromatic rings. The summed E-state index contributed by atoms with van der Waals surface area (Å²) in [6.07, 6.45) is 5.90. The average molecular weight is 352 g/mol. The smallest absolute Gasteiger partial charge is 0.246 e. The summed E-state index contributed by atoms with van der Waals surface area (Å²) in [6.45, 7) is 4.31. The molecule has 0 atom stereocenters. The fourth-order valence-electron chi connectivity index (χ4n) is 2.89. The van der Waals surface area contributed by atoms with Gasteiger partial charge in [-0.05, 0) is 19.0 Å². The highest BCUT2D eigenvalue weighted by Crippen LogP contribution is 2.21. The minimum Gasteiger partial charge on any atom is -0.361 e. The number of fused-ring (bicyclic) bond motifs is 1. The third-order valence-electron chi connectivity index (χ3n) is 4.19. The molecular formula is C17H20N8O. The van der Waals surface area contributed by atoms with Crippen LogP contribution in [0.5, 0.6) is 0 Å². The second-order valence-electron chi connectivity index (χ2n) is 5.95. The monoisotopic (exact) mass is 352 g/mol. The van der Waals surface area contributed by atoms with Gasteiger partial charge < -0.3 is 15.2 Å². The molecule has 3 aromatic heterocycles. The molecule has 1 aliphatic rings. The van der Waals surface area contributed by atoms with E-state index in [1.54, 1.807) is 18.5 Å². The predicted octanol–water partition coefficient (Wildman–Crippen LogP) is 1.18. The van der Waals surface area contributed by atoms with Gasteiger partial charge in [0.05, 0.1) is 12.2 Å². The molecule has 0 aliphatic carbocycles. The molecule has 0 radical (unpaired) electrons. The van der Waals surface area contributed by atoms with E-state index >= 15 is 0 Å². The number of hydrogen-bond acceptors (Lipinski definition) is 9. The van der Waals surface area contributed by atoms with Gasteiger partial charge >= 0.3 is 0 Å². The standard InChI is InChI=1S/C17H20N8O/c1-2-13-22-12-5-9-18-8-4-11(12)15(23-13)21-10-14-24-17(25-26-14)16-19-6-3-7-20-16/h3,6-7,18H,2,4-5,8-10H2,1H3,(H,21,22,23). The van der Waals surface area contributed by atoms with E-state index in [4.69, 9.17) is 9.51 Å². The lowest BCUT2D eigenvalue weighted by Crippen LogP contribution is -2.16. The van der Waals surface area contributed by atoms with Crippen molar-refractivity contribution in [3.63, 3.8) is 0 Å². The van der Waals surface area contributed by atoms with E-state index in [2.05, 4.69) is 42.6 Å². The van der Waals surface area contributed by atoms with Crippen LogP contribution in [0, 0.1) is 0 Å². The molecule has 9 heteroatoms. The van der Waals surface area contributed by atoms with Crippen molar-refractivity contribution in [3.05, 3.63) is 41.4 Å². The average Bonchev–Trinajstić information content (AvgIpc) is 3.04. The van der Waals surface area contributed by atoms with Crippen LogP contribution in [0.25, 0.3) is 11.6 Å². The summed E-state index contributed by atoms with van der Waals surface area (Å²) < 4.78 is 5.31. The van der Waals surface area contributed by atoms with Gasteiger partial charge in [0.2, 0.25) is 17.5 Å². The number of nitrogens with one attached hydrogen (secondary N) is 2. The van der Waals surface area contributed by atoms with Gasteiger partial charge in [0.25, 0.3) is 0 Å². The number of aromatic nitrogens is 6. The van der Waals surface area contributed by atoms with Crippen LogP contribution in [0.15, 0.2) is 23.0 Å². The van der Waals surface area contributed by atoms with Crippen LogP contribution in [-0.4, -0.2) is 43.2 Å². The third kappa shape index (κ3) is 3.52. The molecule has 0 unspecified atom stereocenters. The zero-order chi connectivity index (χ0) is 17.8. The van der Waals surface area contributed by atoms with Crippen molar-refractivity contribution >= 4 is 5.82 Å². The zero-order valence-electron chi connectivity index (χ0n) is 14.6. The molecule has 0 spiro atoms. The number of aryl methyl sites for hydroxylation is 1. The maximum absolute atomic E-state index is 5.31. The minimum absolute atomic E-state index is 0.377. The molecule has 0 saturated heterocycles. The Hall–Kier alpha value is -2.94. The number of anilines is 1. The summed E-state index contributed by atoms with van der Waals surface area (Å²) >= 11 is 0. The van der Waals surface area contributed by atoms with E-state index in [9.17, 15) is 0 Å². The first-order valence-electron chi connectivity index (χ1n) is 8.76. The molecule has 9 nitrogen and oxygen atoms in total. The summed E-state index contributed by atoms with van der Waals surface area (Å²) in [7, 11) is 0. The number of nitrogens with zero attached hydrogens (tertiary/aromatic N) is 6. The van der Waals surface area contributed by atoms with Crippen LogP contribution >= 0.6 is 0 Å². The highest BCUT2D eigenvalue weighted by Gasteiger charge is 2.17. The Morgan fingerprint density at radius 1 is 1.08 bits per heavy atom. The molecule has 2 N–H and O–H groups in total. The highest BCUT2D eigenvalue weighted by atomic mass is 16.5. The summed E-state index contributed by atoms with van der Waals surface area (Å²) in [6, 6.07) is 1.74. The Morgan fingerprint density at radius 2 is 1.92 bits per heavy atom. The van der Waals surface area contributed by atoms with Gasteiger partial charge in [-0.1, -0.05) is 12.1 Å². The molecule has 134 valence electrons. The van der Waals surface area contributed by atoms with Crippen molar-refractivity contribution < 1.29 is 4.52 Å². The normalized spacial score (nSPS) is 13.9. The molecule has 1 aliphatic heterocycles. The first-order chi connectivity index (χ1) is 12.8. The minimum atomic E-state index is 0.377. The Kier molecular flexibility index (Phi) is 4.78. The summed E-state index contributed by atoms with van der Waals surface area (Å²) in [5.74, 6) is 2.98. The SMILES string of the molecule is CCc1nc2c(c(NCc3nc(-c4ncccn4)no3)n1)CCNCC2. The Morgan fingerprint density at radius 3 is 2.77 bits per heavy atom. The molecule has 0 saturated carbocycles. The van der Waals surface area contributed by atoms with Gasteiger partial charge in [-0.3, -0.25) is 0 Å². The summed E-state index contributed by atoms with van der Waals surface area (Å²) in [4.78, 5) is 22.0. The molecule has 4 heterocycles. The van der Waals surface area contributed by atoms with Crippen molar-refractivity contribution in [2.75, 3.05) is 18.4 Å². The van der Waals surface area contributed by atoms with Crippen LogP contribution in [-0.2, 0) is 25.8 Å². The van der Waals surface area contributed by atoms with Gasteiger partial charge in [-0.2, -0.15) is 4.98 Å². The predicted molar refractivity (Wildman–Crippen MR) is 94.3 cm³/mol. The molecule has 0 amide bonds. The second-order valence-corrected chi connectivity index (χ2v) is 5.95. The Labute approximate surface area is 150 Å². The summed E-state index contributed by atoms with van der Waals surface area (Å²) in [5.41, 5.74) is 2.28. The van der Waals surface area contributed by atoms with Crippen LogP contribution in [0.2, 0.25) is 0 Å². The molecule has 0 fully saturated rings. The topological polar surface area (TPSA) is 115 Å². The lowest BCUT2D eigenvalue weighted by molar-refractivity contribution is 0.383. The first-order valence-corrected chi connectivity index (χ1v) is 8.76. The van der Waals surface area contributed by atoms with Crippen molar-refractivity contribution in [3.8, 4) is 11.6 Å². The molecule has 26 heavy (non-hydrogen) atoms. The van der Waals surface area contributed by atoms with Crippen molar-refractivity contribution in [2.45, 2.75) is 32.7 Å². The van der Waals surface area contributed by atoms with E-state index in [0.29, 0.717) is 24.1 Å². The van der Waals surface area contributed by atoms with Crippen LogP contribution in [0.1, 0.15) is 29.9 Å². The summed E-state index contributed by atoms with van der Waals surface area (Å²) in [5, 5.41) is 10.7. The Balaban J connectivity index is 1.54. The quantitative estimate of drug-likeness (QED) is 0.698. The van der Waals surface area contributed by atoms with Gasteiger partial charge in [0.15, 0.2) is 0 Å². The molecule has 0 aromatic carbocycles. The maximum atomic E-state index is 5.31. The fourth-order valence-corrected chi connectivity index (χ4v) is 2.89. The van der Waals surface area contributed by atoms with Gasteiger partial charge in [-0.25, -0.2) is 19.9 Å². The Bertz CT molecular complexity index is 880. The van der Waals surface area contributed by atoms with Gasteiger partial charge in [0.1, 0.15) is 11.6 Å². The van der Waals surface area contributed by atoms with E-state index in [-0.39, 0.29) is 0 Å². The van der Waals surface area contributed by atoms with Crippen LogP contribution in [0.4, 0.5) is 5.82 Å². The maximum Gasteiger partial charge on any atom is 0.246 e. The lowest BCUT2D eigenvalue weighted by Gasteiger charge is -2.13. The molecule has 0 bridgehead atoms. The third-order valence-corrected chi connectivity index (χ3v) is 4.19. The number of hydrogen-bond donors (Lipinski definition) is 2. The van der Waals surface area contributed by atoms with E-state index in [0.717, 1.165) is 49.7 Å². The molecular weight excluding hydrogens is 332 g/mol. The van der Waals surface area contributed by atoms with Crippen LogP contribution < -0.4 is 10.6 Å². The van der Waals surface area contributed by atoms with E-state index < -0.39 is 0 Å². The first kappa shape index (κ1) is 16.5. The molecule has 4 rings (SSSR count). The largest absolute Gasteiger partial charge is 0.361 e. The van der Waals surface area contributed by atoms with Gasteiger partial charge in [0, 0.05) is 37.3 Å². The van der Waals surface area contributed by atoms with Crippen LogP contribution in [0.3, 0.4) is 0 Å². The second kappa shape index (κ2) is 7.52. The van der Waals surface area contributed by atoms with E-state index in [1.165, 1.54) is 5.56 Å². The zero-order valence-corrected chi connectivity index (χ0v) is 14.6. The van der Waals surface area contributed by atoms with Crippen molar-refractivity contribution in [1.82, 2.24) is 35.4 Å². The lowest BCUT2D eigenvalue weighted by atomic mass is 10.1. The number of rotatable bonds is 5. The van der Waals surface area contributed by atoms with E-state index in [1.807, 2.05) is 0 Å². The van der Waals surface area contributed by atoms with Gasteiger partial charge in [-0.15, -0.1) is 0 Å².